The minimum absolute atomic E-state index is 0.234. The predicted octanol–water partition coefficient (Wildman–Crippen LogP) is 1.66. The maximum atomic E-state index is 10.5. The quantitative estimate of drug-likeness (QED) is 0.863. The summed E-state index contributed by atoms with van der Waals surface area (Å²) in [5.41, 5.74) is 2.30. The summed E-state index contributed by atoms with van der Waals surface area (Å²) in [6, 6.07) is 8.28. The van der Waals surface area contributed by atoms with Gasteiger partial charge in [-0.2, -0.15) is 0 Å². The number of benzene rings is 1. The number of morpholine rings is 1. The standard InChI is InChI=1S/C18H31N3O2/c1-14-10-21(11-15(2)23-14)13-16(22)12-20(5)18-9-7-6-8-17(18)19(3)4/h6-9,14-16,22H,10-13H2,1-5H3. The van der Waals surface area contributed by atoms with Crippen LogP contribution in [0.1, 0.15) is 13.8 Å². The first kappa shape index (κ1) is 18.0. The molecule has 5 nitrogen and oxygen atoms in total. The first-order chi connectivity index (χ1) is 10.9. The molecule has 1 heterocycles. The number of para-hydroxylation sites is 2. The van der Waals surface area contributed by atoms with Crippen molar-refractivity contribution in [2.45, 2.75) is 32.2 Å². The Labute approximate surface area is 140 Å². The zero-order valence-corrected chi connectivity index (χ0v) is 15.1. The van der Waals surface area contributed by atoms with Gasteiger partial charge in [-0.25, -0.2) is 0 Å². The molecule has 0 amide bonds. The van der Waals surface area contributed by atoms with E-state index >= 15 is 0 Å². The van der Waals surface area contributed by atoms with Gasteiger partial charge in [-0.1, -0.05) is 12.1 Å². The molecule has 0 aromatic heterocycles. The molecule has 2 rings (SSSR count). The van der Waals surface area contributed by atoms with Crippen LogP contribution in [0.2, 0.25) is 0 Å². The first-order valence-corrected chi connectivity index (χ1v) is 8.40. The zero-order valence-electron chi connectivity index (χ0n) is 15.1. The number of rotatable bonds is 6. The molecule has 1 N–H and O–H groups in total. The van der Waals surface area contributed by atoms with E-state index in [9.17, 15) is 5.11 Å². The zero-order chi connectivity index (χ0) is 17.0. The molecule has 1 aliphatic rings. The van der Waals surface area contributed by atoms with Crippen molar-refractivity contribution in [3.63, 3.8) is 0 Å². The predicted molar refractivity (Wildman–Crippen MR) is 96.5 cm³/mol. The lowest BCUT2D eigenvalue weighted by molar-refractivity contribution is -0.0758. The number of ether oxygens (including phenoxy) is 1. The number of aliphatic hydroxyl groups excluding tert-OH is 1. The maximum Gasteiger partial charge on any atom is 0.0841 e. The number of nitrogens with zero attached hydrogens (tertiary/aromatic N) is 3. The van der Waals surface area contributed by atoms with Crippen molar-refractivity contribution in [3.05, 3.63) is 24.3 Å². The molecular formula is C18H31N3O2. The highest BCUT2D eigenvalue weighted by Gasteiger charge is 2.24. The van der Waals surface area contributed by atoms with E-state index in [1.807, 2.05) is 33.3 Å². The molecule has 0 spiro atoms. The Hall–Kier alpha value is -1.30. The van der Waals surface area contributed by atoms with Gasteiger partial charge in [0.05, 0.1) is 29.7 Å². The maximum absolute atomic E-state index is 10.5. The van der Waals surface area contributed by atoms with Crippen LogP contribution in [0.3, 0.4) is 0 Å². The Morgan fingerprint density at radius 2 is 1.70 bits per heavy atom. The highest BCUT2D eigenvalue weighted by molar-refractivity contribution is 5.70. The van der Waals surface area contributed by atoms with E-state index in [1.54, 1.807) is 0 Å². The van der Waals surface area contributed by atoms with Gasteiger partial charge in [-0.15, -0.1) is 0 Å². The summed E-state index contributed by atoms with van der Waals surface area (Å²) in [7, 11) is 6.12. The highest BCUT2D eigenvalue weighted by Crippen LogP contribution is 2.26. The van der Waals surface area contributed by atoms with Gasteiger partial charge < -0.3 is 19.6 Å². The molecule has 5 heteroatoms. The van der Waals surface area contributed by atoms with Crippen molar-refractivity contribution in [1.82, 2.24) is 4.90 Å². The third kappa shape index (κ3) is 5.09. The van der Waals surface area contributed by atoms with E-state index in [4.69, 9.17) is 4.74 Å². The topological polar surface area (TPSA) is 39.2 Å². The second-order valence-electron chi connectivity index (χ2n) is 6.89. The van der Waals surface area contributed by atoms with Gasteiger partial charge in [0.2, 0.25) is 0 Å². The molecule has 1 fully saturated rings. The van der Waals surface area contributed by atoms with Crippen LogP contribution in [0.5, 0.6) is 0 Å². The number of likely N-dealkylation sites (N-methyl/N-ethyl adjacent to an activating group) is 1. The second-order valence-corrected chi connectivity index (χ2v) is 6.89. The number of aliphatic hydroxyl groups is 1. The molecule has 3 unspecified atom stereocenters. The summed E-state index contributed by atoms with van der Waals surface area (Å²) < 4.78 is 5.75. The van der Waals surface area contributed by atoms with Gasteiger partial charge >= 0.3 is 0 Å². The minimum Gasteiger partial charge on any atom is -0.390 e. The molecule has 1 aromatic rings. The lowest BCUT2D eigenvalue weighted by atomic mass is 10.2. The molecule has 130 valence electrons. The average molecular weight is 321 g/mol. The molecule has 0 radical (unpaired) electrons. The summed E-state index contributed by atoms with van der Waals surface area (Å²) in [4.78, 5) is 6.53. The van der Waals surface area contributed by atoms with E-state index in [1.165, 1.54) is 0 Å². The van der Waals surface area contributed by atoms with Gasteiger partial charge in [-0.3, -0.25) is 4.90 Å². The van der Waals surface area contributed by atoms with E-state index in [-0.39, 0.29) is 18.3 Å². The molecule has 3 atom stereocenters. The Balaban J connectivity index is 1.93. The van der Waals surface area contributed by atoms with Crippen molar-refractivity contribution in [2.75, 3.05) is 57.1 Å². The SMILES string of the molecule is CC1CN(CC(O)CN(C)c2ccccc2N(C)C)CC(C)O1. The minimum atomic E-state index is -0.382. The largest absolute Gasteiger partial charge is 0.390 e. The molecule has 1 aromatic carbocycles. The normalized spacial score (nSPS) is 23.6. The first-order valence-electron chi connectivity index (χ1n) is 8.40. The van der Waals surface area contributed by atoms with Crippen LogP contribution >= 0.6 is 0 Å². The Morgan fingerprint density at radius 1 is 1.13 bits per heavy atom. The molecule has 0 bridgehead atoms. The lowest BCUT2D eigenvalue weighted by Gasteiger charge is -2.37. The van der Waals surface area contributed by atoms with E-state index in [0.29, 0.717) is 13.1 Å². The third-order valence-corrected chi connectivity index (χ3v) is 4.22. The summed E-state index contributed by atoms with van der Waals surface area (Å²) >= 11 is 0. The van der Waals surface area contributed by atoms with Crippen LogP contribution in [-0.2, 0) is 4.74 Å². The van der Waals surface area contributed by atoms with Gasteiger partial charge in [-0.05, 0) is 26.0 Å². The van der Waals surface area contributed by atoms with E-state index < -0.39 is 0 Å². The second kappa shape index (κ2) is 7.99. The fraction of sp³-hybridized carbons (Fsp3) is 0.667. The summed E-state index contributed by atoms with van der Waals surface area (Å²) in [5.74, 6) is 0. The number of β-amino-alcohol motifs (C(OH)–C–C–N with tert-alkyl or cyclic N) is 1. The Bertz CT molecular complexity index is 485. The summed E-state index contributed by atoms with van der Waals surface area (Å²) in [5, 5.41) is 10.5. The van der Waals surface area contributed by atoms with Crippen LogP contribution in [-0.4, -0.2) is 75.6 Å². The molecule has 23 heavy (non-hydrogen) atoms. The molecule has 0 saturated carbocycles. The van der Waals surface area contributed by atoms with Crippen LogP contribution in [0.25, 0.3) is 0 Å². The number of hydrogen-bond donors (Lipinski definition) is 1. The average Bonchev–Trinajstić information content (AvgIpc) is 2.45. The molecular weight excluding hydrogens is 290 g/mol. The molecule has 0 aliphatic carbocycles. The number of hydrogen-bond acceptors (Lipinski definition) is 5. The summed E-state index contributed by atoms with van der Waals surface area (Å²) in [6.45, 7) is 7.26. The van der Waals surface area contributed by atoms with Crippen LogP contribution < -0.4 is 9.80 Å². The van der Waals surface area contributed by atoms with Gasteiger partial charge in [0, 0.05) is 47.3 Å². The van der Waals surface area contributed by atoms with E-state index in [0.717, 1.165) is 24.5 Å². The van der Waals surface area contributed by atoms with Gasteiger partial charge in [0.1, 0.15) is 0 Å². The highest BCUT2D eigenvalue weighted by atomic mass is 16.5. The van der Waals surface area contributed by atoms with Gasteiger partial charge in [0.25, 0.3) is 0 Å². The van der Waals surface area contributed by atoms with Gasteiger partial charge in [0.15, 0.2) is 0 Å². The third-order valence-electron chi connectivity index (χ3n) is 4.22. The van der Waals surface area contributed by atoms with Crippen molar-refractivity contribution in [2.24, 2.45) is 0 Å². The number of anilines is 2. The van der Waals surface area contributed by atoms with Crippen LogP contribution in [0, 0.1) is 0 Å². The Kier molecular flexibility index (Phi) is 6.27. The Morgan fingerprint density at radius 3 is 2.26 bits per heavy atom. The lowest BCUT2D eigenvalue weighted by Crippen LogP contribution is -2.49. The van der Waals surface area contributed by atoms with Crippen molar-refractivity contribution >= 4 is 11.4 Å². The molecule has 1 saturated heterocycles. The van der Waals surface area contributed by atoms with Crippen molar-refractivity contribution in [3.8, 4) is 0 Å². The fourth-order valence-electron chi connectivity index (χ4n) is 3.37. The van der Waals surface area contributed by atoms with E-state index in [2.05, 4.69) is 40.7 Å². The van der Waals surface area contributed by atoms with Crippen molar-refractivity contribution in [1.29, 1.82) is 0 Å². The smallest absolute Gasteiger partial charge is 0.0841 e. The fourth-order valence-corrected chi connectivity index (χ4v) is 3.37. The van der Waals surface area contributed by atoms with Crippen LogP contribution in [0.4, 0.5) is 11.4 Å². The molecule has 1 aliphatic heterocycles. The summed E-state index contributed by atoms with van der Waals surface area (Å²) in [6.07, 6.45) is 0.0870. The van der Waals surface area contributed by atoms with Crippen molar-refractivity contribution < 1.29 is 9.84 Å². The monoisotopic (exact) mass is 321 g/mol. The van der Waals surface area contributed by atoms with Crippen LogP contribution in [0.15, 0.2) is 24.3 Å².